The van der Waals surface area contributed by atoms with Gasteiger partial charge in [0.1, 0.15) is 12.1 Å². The fourth-order valence-corrected chi connectivity index (χ4v) is 1.26. The molecular formula is C11H16N2O. The van der Waals surface area contributed by atoms with E-state index in [1.807, 2.05) is 13.0 Å². The predicted octanol–water partition coefficient (Wildman–Crippen LogP) is 1.95. The summed E-state index contributed by atoms with van der Waals surface area (Å²) in [5.41, 5.74) is 1.87. The van der Waals surface area contributed by atoms with Gasteiger partial charge in [-0.1, -0.05) is 20.3 Å². The van der Waals surface area contributed by atoms with E-state index in [1.54, 1.807) is 6.33 Å². The highest BCUT2D eigenvalue weighted by Gasteiger charge is 2.03. The highest BCUT2D eigenvalue weighted by atomic mass is 16.1. The molecule has 0 aliphatic carbocycles. The Morgan fingerprint density at radius 3 is 2.64 bits per heavy atom. The second-order valence-electron chi connectivity index (χ2n) is 3.32. The van der Waals surface area contributed by atoms with Crippen LogP contribution in [-0.2, 0) is 17.6 Å². The Morgan fingerprint density at radius 2 is 2.00 bits per heavy atom. The maximum Gasteiger partial charge on any atom is 0.138 e. The Labute approximate surface area is 84.6 Å². The summed E-state index contributed by atoms with van der Waals surface area (Å²) in [4.78, 5) is 19.4. The first-order valence-electron chi connectivity index (χ1n) is 5.07. The zero-order valence-electron chi connectivity index (χ0n) is 8.79. The van der Waals surface area contributed by atoms with Gasteiger partial charge in [0, 0.05) is 18.5 Å². The summed E-state index contributed by atoms with van der Waals surface area (Å²) in [6.45, 7) is 3.98. The normalized spacial score (nSPS) is 10.1. The molecule has 1 aromatic heterocycles. The Balaban J connectivity index is 2.68. The minimum atomic E-state index is 0.228. The van der Waals surface area contributed by atoms with Crippen molar-refractivity contribution in [2.24, 2.45) is 0 Å². The van der Waals surface area contributed by atoms with Gasteiger partial charge in [-0.25, -0.2) is 9.97 Å². The van der Waals surface area contributed by atoms with Gasteiger partial charge in [0.15, 0.2) is 0 Å². The van der Waals surface area contributed by atoms with Gasteiger partial charge >= 0.3 is 0 Å². The summed E-state index contributed by atoms with van der Waals surface area (Å²) in [5, 5.41) is 0. The molecule has 0 fully saturated rings. The molecule has 3 heteroatoms. The highest BCUT2D eigenvalue weighted by molar-refractivity contribution is 5.80. The summed E-state index contributed by atoms with van der Waals surface area (Å²) in [7, 11) is 0. The van der Waals surface area contributed by atoms with E-state index in [2.05, 4.69) is 16.9 Å². The Morgan fingerprint density at radius 1 is 1.29 bits per heavy atom. The monoisotopic (exact) mass is 192 g/mol. The molecule has 0 aliphatic heterocycles. The van der Waals surface area contributed by atoms with Crippen molar-refractivity contribution in [3.05, 3.63) is 23.8 Å². The molecule has 0 N–H and O–H groups in total. The van der Waals surface area contributed by atoms with Crippen molar-refractivity contribution in [3.63, 3.8) is 0 Å². The van der Waals surface area contributed by atoms with Crippen LogP contribution in [0.4, 0.5) is 0 Å². The van der Waals surface area contributed by atoms with E-state index in [-0.39, 0.29) is 5.78 Å². The average Bonchev–Trinajstić information content (AvgIpc) is 2.19. The molecule has 0 aromatic carbocycles. The van der Waals surface area contributed by atoms with Crippen molar-refractivity contribution in [1.29, 1.82) is 0 Å². The van der Waals surface area contributed by atoms with E-state index < -0.39 is 0 Å². The smallest absolute Gasteiger partial charge is 0.138 e. The molecule has 3 nitrogen and oxygen atoms in total. The molecule has 0 atom stereocenters. The van der Waals surface area contributed by atoms with Crippen molar-refractivity contribution >= 4 is 5.78 Å². The molecule has 0 saturated carbocycles. The number of aryl methyl sites for hydroxylation is 1. The van der Waals surface area contributed by atoms with Gasteiger partial charge in [0.05, 0.1) is 5.69 Å². The number of ketones is 1. The van der Waals surface area contributed by atoms with Gasteiger partial charge in [-0.2, -0.15) is 0 Å². The number of hydrogen-bond acceptors (Lipinski definition) is 3. The molecule has 0 saturated heterocycles. The third kappa shape index (κ3) is 3.24. The summed E-state index contributed by atoms with van der Waals surface area (Å²) in [5.74, 6) is 0.228. The number of aromatic nitrogens is 2. The number of Topliss-reactive ketones (excluding diaryl/α,β-unsaturated/α-hetero) is 1. The van der Waals surface area contributed by atoms with Crippen LogP contribution in [0.1, 0.15) is 38.1 Å². The number of carbonyl (C=O) groups is 1. The van der Waals surface area contributed by atoms with Crippen LogP contribution in [-0.4, -0.2) is 15.8 Å². The maximum atomic E-state index is 11.2. The van der Waals surface area contributed by atoms with E-state index in [9.17, 15) is 4.79 Å². The molecule has 1 heterocycles. The van der Waals surface area contributed by atoms with Crippen molar-refractivity contribution in [2.45, 2.75) is 39.5 Å². The molecule has 14 heavy (non-hydrogen) atoms. The molecule has 0 amide bonds. The first-order chi connectivity index (χ1) is 6.76. The summed E-state index contributed by atoms with van der Waals surface area (Å²) < 4.78 is 0. The topological polar surface area (TPSA) is 42.9 Å². The SMILES string of the molecule is CCCc1cc(CC(=O)CC)ncn1. The lowest BCUT2D eigenvalue weighted by atomic mass is 10.1. The van der Waals surface area contributed by atoms with E-state index >= 15 is 0 Å². The quantitative estimate of drug-likeness (QED) is 0.716. The van der Waals surface area contributed by atoms with Crippen molar-refractivity contribution in [2.75, 3.05) is 0 Å². The van der Waals surface area contributed by atoms with E-state index in [0.717, 1.165) is 24.2 Å². The van der Waals surface area contributed by atoms with Crippen molar-refractivity contribution in [3.8, 4) is 0 Å². The van der Waals surface area contributed by atoms with Crippen LogP contribution in [0.15, 0.2) is 12.4 Å². The number of hydrogen-bond donors (Lipinski definition) is 0. The van der Waals surface area contributed by atoms with Crippen molar-refractivity contribution in [1.82, 2.24) is 9.97 Å². The predicted molar refractivity (Wildman–Crippen MR) is 55.0 cm³/mol. The van der Waals surface area contributed by atoms with E-state index in [1.165, 1.54) is 0 Å². The van der Waals surface area contributed by atoms with Crippen molar-refractivity contribution < 1.29 is 4.79 Å². The van der Waals surface area contributed by atoms with E-state index in [0.29, 0.717) is 12.8 Å². The lowest BCUT2D eigenvalue weighted by molar-refractivity contribution is -0.118. The van der Waals surface area contributed by atoms with Crippen LogP contribution < -0.4 is 0 Å². The fourth-order valence-electron chi connectivity index (χ4n) is 1.26. The zero-order chi connectivity index (χ0) is 10.4. The van der Waals surface area contributed by atoms with Gasteiger partial charge in [0.25, 0.3) is 0 Å². The first-order valence-corrected chi connectivity index (χ1v) is 5.07. The van der Waals surface area contributed by atoms with Crippen LogP contribution in [0.2, 0.25) is 0 Å². The Bertz CT molecular complexity index is 310. The third-order valence-electron chi connectivity index (χ3n) is 2.06. The number of rotatable bonds is 5. The van der Waals surface area contributed by atoms with Crippen LogP contribution in [0.3, 0.4) is 0 Å². The summed E-state index contributed by atoms with van der Waals surface area (Å²) >= 11 is 0. The lowest BCUT2D eigenvalue weighted by Crippen LogP contribution is -2.04. The number of nitrogens with zero attached hydrogens (tertiary/aromatic N) is 2. The Kier molecular flexibility index (Phi) is 4.23. The summed E-state index contributed by atoms with van der Waals surface area (Å²) in [6, 6.07) is 1.93. The molecule has 1 rings (SSSR count). The van der Waals surface area contributed by atoms with Crippen LogP contribution >= 0.6 is 0 Å². The minimum Gasteiger partial charge on any atom is -0.299 e. The van der Waals surface area contributed by atoms with Gasteiger partial charge < -0.3 is 0 Å². The molecule has 0 aliphatic rings. The average molecular weight is 192 g/mol. The molecule has 0 radical (unpaired) electrons. The highest BCUT2D eigenvalue weighted by Crippen LogP contribution is 2.03. The third-order valence-corrected chi connectivity index (χ3v) is 2.06. The summed E-state index contributed by atoms with van der Waals surface area (Å²) in [6.07, 6.45) is 4.58. The number of carbonyl (C=O) groups excluding carboxylic acids is 1. The van der Waals surface area contributed by atoms with Crippen LogP contribution in [0.5, 0.6) is 0 Å². The van der Waals surface area contributed by atoms with Gasteiger partial charge in [-0.15, -0.1) is 0 Å². The fraction of sp³-hybridized carbons (Fsp3) is 0.545. The van der Waals surface area contributed by atoms with Gasteiger partial charge in [-0.05, 0) is 12.5 Å². The molecule has 1 aromatic rings. The first kappa shape index (κ1) is 10.8. The van der Waals surface area contributed by atoms with Crippen LogP contribution in [0.25, 0.3) is 0 Å². The molecule has 0 spiro atoms. The van der Waals surface area contributed by atoms with Gasteiger partial charge in [-0.3, -0.25) is 4.79 Å². The lowest BCUT2D eigenvalue weighted by Gasteiger charge is -2.01. The van der Waals surface area contributed by atoms with E-state index in [4.69, 9.17) is 0 Å². The molecule has 0 bridgehead atoms. The molecule has 76 valence electrons. The maximum absolute atomic E-state index is 11.2. The Hall–Kier alpha value is -1.25. The molecular weight excluding hydrogens is 176 g/mol. The second kappa shape index (κ2) is 5.47. The molecule has 0 unspecified atom stereocenters. The van der Waals surface area contributed by atoms with Gasteiger partial charge in [0.2, 0.25) is 0 Å². The second-order valence-corrected chi connectivity index (χ2v) is 3.32. The zero-order valence-corrected chi connectivity index (χ0v) is 8.79. The standard InChI is InChI=1S/C11H16N2O/c1-3-5-9-6-10(13-8-12-9)7-11(14)4-2/h6,8H,3-5,7H2,1-2H3. The largest absolute Gasteiger partial charge is 0.299 e. The minimum absolute atomic E-state index is 0.228. The van der Waals surface area contributed by atoms with Crippen LogP contribution in [0, 0.1) is 0 Å².